The van der Waals surface area contributed by atoms with Crippen LogP contribution < -0.4 is 0 Å². The van der Waals surface area contributed by atoms with Gasteiger partial charge in [0.05, 0.1) is 5.57 Å². The summed E-state index contributed by atoms with van der Waals surface area (Å²) < 4.78 is 0. The third-order valence-corrected chi connectivity index (χ3v) is 1.83. The molecule has 76 valence electrons. The van der Waals surface area contributed by atoms with Crippen LogP contribution in [0.2, 0.25) is 0 Å². The van der Waals surface area contributed by atoms with Crippen molar-refractivity contribution in [3.63, 3.8) is 0 Å². The maximum Gasteiger partial charge on any atom is 0.335 e. The largest absolute Gasteiger partial charge is 0.478 e. The summed E-state index contributed by atoms with van der Waals surface area (Å²) in [5, 5.41) is 8.70. The molecule has 0 aliphatic rings. The molecule has 0 saturated heterocycles. The normalized spacial score (nSPS) is 11.6. The highest BCUT2D eigenvalue weighted by atomic mass is 16.4. The molecule has 1 rings (SSSR count). The topological polar surface area (TPSA) is 37.3 Å². The van der Waals surface area contributed by atoms with Crippen molar-refractivity contribution < 1.29 is 9.90 Å². The highest BCUT2D eigenvalue weighted by Crippen LogP contribution is 2.02. The number of carboxylic acid groups (broad SMARTS) is 1. The van der Waals surface area contributed by atoms with Crippen LogP contribution in [0.1, 0.15) is 5.56 Å². The Morgan fingerprint density at radius 3 is 2.47 bits per heavy atom. The van der Waals surface area contributed by atoms with Gasteiger partial charge in [0.25, 0.3) is 0 Å². The van der Waals surface area contributed by atoms with Gasteiger partial charge in [-0.2, -0.15) is 0 Å². The van der Waals surface area contributed by atoms with Crippen LogP contribution in [0.15, 0.2) is 60.7 Å². The molecule has 0 bridgehead atoms. The van der Waals surface area contributed by atoms with E-state index in [4.69, 9.17) is 5.11 Å². The van der Waals surface area contributed by atoms with Crippen molar-refractivity contribution in [3.8, 4) is 0 Å². The molecule has 0 amide bonds. The number of carboxylic acids is 1. The van der Waals surface area contributed by atoms with Gasteiger partial charge in [-0.3, -0.25) is 0 Å². The average Bonchev–Trinajstić information content (AvgIpc) is 2.25. The van der Waals surface area contributed by atoms with E-state index in [9.17, 15) is 4.79 Å². The van der Waals surface area contributed by atoms with E-state index in [1.807, 2.05) is 36.4 Å². The highest BCUT2D eigenvalue weighted by molar-refractivity contribution is 5.90. The zero-order valence-electron chi connectivity index (χ0n) is 8.26. The molecule has 0 aliphatic heterocycles. The van der Waals surface area contributed by atoms with Gasteiger partial charge in [0.2, 0.25) is 0 Å². The van der Waals surface area contributed by atoms with Crippen molar-refractivity contribution in [1.82, 2.24) is 0 Å². The van der Waals surface area contributed by atoms with E-state index >= 15 is 0 Å². The van der Waals surface area contributed by atoms with Crippen LogP contribution in [0.5, 0.6) is 0 Å². The summed E-state index contributed by atoms with van der Waals surface area (Å²) >= 11 is 0. The summed E-state index contributed by atoms with van der Waals surface area (Å²) in [6.45, 7) is 3.42. The van der Waals surface area contributed by atoms with E-state index in [1.54, 1.807) is 6.08 Å². The molecule has 1 aromatic rings. The second-order valence-corrected chi connectivity index (χ2v) is 2.90. The van der Waals surface area contributed by atoms with Gasteiger partial charge in [0, 0.05) is 0 Å². The maximum absolute atomic E-state index is 10.6. The molecular formula is C13H12O2. The molecule has 2 nitrogen and oxygen atoms in total. The summed E-state index contributed by atoms with van der Waals surface area (Å²) in [5.41, 5.74) is 1.21. The zero-order valence-corrected chi connectivity index (χ0v) is 8.26. The van der Waals surface area contributed by atoms with E-state index in [0.717, 1.165) is 5.56 Å². The molecule has 0 spiro atoms. The molecule has 0 fully saturated rings. The fourth-order valence-electron chi connectivity index (χ4n) is 1.05. The number of aliphatic carboxylic acids is 1. The molecule has 15 heavy (non-hydrogen) atoms. The first kappa shape index (κ1) is 11.0. The second kappa shape index (κ2) is 5.60. The monoisotopic (exact) mass is 200 g/mol. The molecule has 0 aromatic heterocycles. The van der Waals surface area contributed by atoms with Crippen molar-refractivity contribution in [3.05, 3.63) is 66.3 Å². The first-order chi connectivity index (χ1) is 7.24. The summed E-state index contributed by atoms with van der Waals surface area (Å²) in [5.74, 6) is -0.970. The van der Waals surface area contributed by atoms with Gasteiger partial charge in [-0.1, -0.05) is 55.1 Å². The van der Waals surface area contributed by atoms with Gasteiger partial charge in [-0.25, -0.2) is 4.79 Å². The van der Waals surface area contributed by atoms with Crippen molar-refractivity contribution >= 4 is 12.0 Å². The number of hydrogen-bond acceptors (Lipinski definition) is 1. The Morgan fingerprint density at radius 2 is 1.93 bits per heavy atom. The Balaban J connectivity index is 2.75. The van der Waals surface area contributed by atoms with Crippen LogP contribution in [0.4, 0.5) is 0 Å². The van der Waals surface area contributed by atoms with Gasteiger partial charge < -0.3 is 5.11 Å². The minimum absolute atomic E-state index is 0.183. The summed E-state index contributed by atoms with van der Waals surface area (Å²) in [4.78, 5) is 10.6. The molecule has 0 atom stereocenters. The van der Waals surface area contributed by atoms with Gasteiger partial charge in [0.15, 0.2) is 0 Å². The van der Waals surface area contributed by atoms with Crippen LogP contribution in [0, 0.1) is 0 Å². The van der Waals surface area contributed by atoms with Crippen LogP contribution in [0.25, 0.3) is 6.08 Å². The molecule has 0 aliphatic carbocycles. The Morgan fingerprint density at radius 1 is 1.27 bits per heavy atom. The molecule has 1 N–H and O–H groups in total. The highest BCUT2D eigenvalue weighted by Gasteiger charge is 1.98. The minimum Gasteiger partial charge on any atom is -0.478 e. The number of carbonyl (C=O) groups is 1. The van der Waals surface area contributed by atoms with E-state index in [0.29, 0.717) is 0 Å². The van der Waals surface area contributed by atoms with Gasteiger partial charge in [0.1, 0.15) is 0 Å². The molecule has 0 saturated carbocycles. The fourth-order valence-corrected chi connectivity index (χ4v) is 1.05. The van der Waals surface area contributed by atoms with Crippen LogP contribution >= 0.6 is 0 Å². The lowest BCUT2D eigenvalue weighted by Crippen LogP contribution is -1.95. The molecule has 0 heterocycles. The van der Waals surface area contributed by atoms with Crippen molar-refractivity contribution in [2.24, 2.45) is 0 Å². The Labute approximate surface area is 88.9 Å². The van der Waals surface area contributed by atoms with Crippen LogP contribution in [0.3, 0.4) is 0 Å². The standard InChI is InChI=1S/C13H12O2/c1-2-12(13(14)15)10-6-9-11-7-4-3-5-8-11/h2-10H,1H2,(H,14,15). The van der Waals surface area contributed by atoms with Gasteiger partial charge in [-0.05, 0) is 11.6 Å². The lowest BCUT2D eigenvalue weighted by atomic mass is 10.2. The van der Waals surface area contributed by atoms with Gasteiger partial charge >= 0.3 is 5.97 Å². The third-order valence-electron chi connectivity index (χ3n) is 1.83. The van der Waals surface area contributed by atoms with Crippen LogP contribution in [-0.4, -0.2) is 11.1 Å². The maximum atomic E-state index is 10.6. The molecule has 2 heteroatoms. The van der Waals surface area contributed by atoms with E-state index in [2.05, 4.69) is 6.58 Å². The van der Waals surface area contributed by atoms with Crippen molar-refractivity contribution in [1.29, 1.82) is 0 Å². The third kappa shape index (κ3) is 3.65. The van der Waals surface area contributed by atoms with E-state index < -0.39 is 5.97 Å². The van der Waals surface area contributed by atoms with Crippen molar-refractivity contribution in [2.75, 3.05) is 0 Å². The number of allylic oxidation sites excluding steroid dienone is 2. The van der Waals surface area contributed by atoms with Gasteiger partial charge in [-0.15, -0.1) is 0 Å². The molecular weight excluding hydrogens is 188 g/mol. The SMILES string of the molecule is C=CC(=CC=Cc1ccccc1)C(=O)O. The van der Waals surface area contributed by atoms with E-state index in [1.165, 1.54) is 12.2 Å². The first-order valence-electron chi connectivity index (χ1n) is 4.53. The predicted molar refractivity (Wildman–Crippen MR) is 61.4 cm³/mol. The second-order valence-electron chi connectivity index (χ2n) is 2.90. The van der Waals surface area contributed by atoms with Crippen LogP contribution in [-0.2, 0) is 4.79 Å². The smallest absolute Gasteiger partial charge is 0.335 e. The number of benzene rings is 1. The minimum atomic E-state index is -0.970. The molecule has 1 aromatic carbocycles. The molecule has 0 radical (unpaired) electrons. The predicted octanol–water partition coefficient (Wildman–Crippen LogP) is 2.90. The summed E-state index contributed by atoms with van der Waals surface area (Å²) in [6, 6.07) is 9.67. The average molecular weight is 200 g/mol. The van der Waals surface area contributed by atoms with E-state index in [-0.39, 0.29) is 5.57 Å². The fraction of sp³-hybridized carbons (Fsp3) is 0. The van der Waals surface area contributed by atoms with Crippen molar-refractivity contribution in [2.45, 2.75) is 0 Å². The summed E-state index contributed by atoms with van der Waals surface area (Å²) in [6.07, 6.45) is 6.37. The number of rotatable bonds is 4. The quantitative estimate of drug-likeness (QED) is 0.599. The molecule has 0 unspecified atom stereocenters. The Kier molecular flexibility index (Phi) is 4.10. The lowest BCUT2D eigenvalue weighted by molar-refractivity contribution is -0.132. The summed E-state index contributed by atoms with van der Waals surface area (Å²) in [7, 11) is 0. The Hall–Kier alpha value is -2.09. The number of hydrogen-bond donors (Lipinski definition) is 1. The Bertz CT molecular complexity index is 400. The zero-order chi connectivity index (χ0) is 11.1. The first-order valence-corrected chi connectivity index (χ1v) is 4.53. The lowest BCUT2D eigenvalue weighted by Gasteiger charge is -1.91.